The van der Waals surface area contributed by atoms with Crippen molar-refractivity contribution in [1.82, 2.24) is 9.88 Å². The van der Waals surface area contributed by atoms with Crippen molar-refractivity contribution < 1.29 is 4.79 Å². The van der Waals surface area contributed by atoms with E-state index in [9.17, 15) is 4.79 Å². The predicted molar refractivity (Wildman–Crippen MR) is 71.5 cm³/mol. The number of hydrogen-bond donors (Lipinski definition) is 2. The number of hydrogen-bond acceptors (Lipinski definition) is 3. The number of urea groups is 1. The highest BCUT2D eigenvalue weighted by atomic mass is 16.2. The zero-order valence-corrected chi connectivity index (χ0v) is 10.9. The number of carbonyl (C=O) groups excluding carboxylic acids is 1. The number of anilines is 1. The molecule has 1 saturated heterocycles. The predicted octanol–water partition coefficient (Wildman–Crippen LogP) is 1.65. The smallest absolute Gasteiger partial charge is 0.314 e. The van der Waals surface area contributed by atoms with E-state index in [2.05, 4.69) is 16.4 Å². The van der Waals surface area contributed by atoms with Crippen LogP contribution in [0.1, 0.15) is 24.2 Å². The quantitative estimate of drug-likeness (QED) is 0.836. The molecule has 0 aliphatic carbocycles. The van der Waals surface area contributed by atoms with E-state index in [1.54, 1.807) is 4.90 Å². The number of nitrogens with one attached hydrogen (secondary N) is 1. The third-order valence-corrected chi connectivity index (χ3v) is 3.39. The van der Waals surface area contributed by atoms with E-state index in [1.807, 2.05) is 19.9 Å². The lowest BCUT2D eigenvalue weighted by atomic mass is 10.0. The molecule has 1 fully saturated rings. The molecule has 0 bridgehead atoms. The lowest BCUT2D eigenvalue weighted by Crippen LogP contribution is -2.44. The Bertz CT molecular complexity index is 439. The summed E-state index contributed by atoms with van der Waals surface area (Å²) >= 11 is 0. The SMILES string of the molecule is Cc1ccc(NC2CCN(C(N)=O)CC2)c(C)n1. The van der Waals surface area contributed by atoms with E-state index >= 15 is 0 Å². The molecule has 98 valence electrons. The van der Waals surface area contributed by atoms with Gasteiger partial charge in [0.2, 0.25) is 0 Å². The van der Waals surface area contributed by atoms with Crippen LogP contribution in [0.5, 0.6) is 0 Å². The van der Waals surface area contributed by atoms with Gasteiger partial charge in [0.15, 0.2) is 0 Å². The first-order valence-corrected chi connectivity index (χ1v) is 6.31. The highest BCUT2D eigenvalue weighted by Crippen LogP contribution is 2.19. The summed E-state index contributed by atoms with van der Waals surface area (Å²) in [5, 5.41) is 3.49. The van der Waals surface area contributed by atoms with E-state index in [0.717, 1.165) is 43.0 Å². The summed E-state index contributed by atoms with van der Waals surface area (Å²) in [6, 6.07) is 4.15. The van der Waals surface area contributed by atoms with Crippen molar-refractivity contribution in [2.24, 2.45) is 5.73 Å². The van der Waals surface area contributed by atoms with Gasteiger partial charge in [-0.25, -0.2) is 4.79 Å². The van der Waals surface area contributed by atoms with Crippen LogP contribution in [-0.2, 0) is 0 Å². The van der Waals surface area contributed by atoms with Gasteiger partial charge in [-0.15, -0.1) is 0 Å². The van der Waals surface area contributed by atoms with E-state index in [4.69, 9.17) is 5.73 Å². The van der Waals surface area contributed by atoms with Crippen LogP contribution in [0.25, 0.3) is 0 Å². The molecular formula is C13H20N4O. The monoisotopic (exact) mass is 248 g/mol. The number of aryl methyl sites for hydroxylation is 2. The maximum atomic E-state index is 11.0. The fraction of sp³-hybridized carbons (Fsp3) is 0.538. The highest BCUT2D eigenvalue weighted by molar-refractivity contribution is 5.72. The van der Waals surface area contributed by atoms with Crippen molar-refractivity contribution in [2.75, 3.05) is 18.4 Å². The molecule has 1 aromatic rings. The molecule has 0 aromatic carbocycles. The molecule has 1 aliphatic rings. The minimum Gasteiger partial charge on any atom is -0.381 e. The van der Waals surface area contributed by atoms with Crippen LogP contribution in [0, 0.1) is 13.8 Å². The molecule has 0 unspecified atom stereocenters. The van der Waals surface area contributed by atoms with E-state index in [0.29, 0.717) is 6.04 Å². The fourth-order valence-corrected chi connectivity index (χ4v) is 2.30. The fourth-order valence-electron chi connectivity index (χ4n) is 2.30. The van der Waals surface area contributed by atoms with Crippen LogP contribution >= 0.6 is 0 Å². The summed E-state index contributed by atoms with van der Waals surface area (Å²) in [6.07, 6.45) is 1.85. The summed E-state index contributed by atoms with van der Waals surface area (Å²) in [6.45, 7) is 5.45. The molecule has 2 amide bonds. The number of pyridine rings is 1. The van der Waals surface area contributed by atoms with Crippen LogP contribution < -0.4 is 11.1 Å². The molecule has 1 aliphatic heterocycles. The van der Waals surface area contributed by atoms with Crippen molar-refractivity contribution in [2.45, 2.75) is 32.7 Å². The van der Waals surface area contributed by atoms with Gasteiger partial charge in [-0.05, 0) is 38.8 Å². The maximum absolute atomic E-state index is 11.0. The van der Waals surface area contributed by atoms with Gasteiger partial charge in [0.05, 0.1) is 11.4 Å². The molecule has 18 heavy (non-hydrogen) atoms. The molecule has 0 saturated carbocycles. The lowest BCUT2D eigenvalue weighted by molar-refractivity contribution is 0.193. The van der Waals surface area contributed by atoms with Gasteiger partial charge in [0.25, 0.3) is 0 Å². The Morgan fingerprint density at radius 2 is 2.06 bits per heavy atom. The Kier molecular flexibility index (Phi) is 3.69. The largest absolute Gasteiger partial charge is 0.381 e. The lowest BCUT2D eigenvalue weighted by Gasteiger charge is -2.32. The maximum Gasteiger partial charge on any atom is 0.314 e. The zero-order chi connectivity index (χ0) is 13.1. The number of piperidine rings is 1. The van der Waals surface area contributed by atoms with Crippen molar-refractivity contribution in [3.8, 4) is 0 Å². The number of amides is 2. The Morgan fingerprint density at radius 1 is 1.39 bits per heavy atom. The van der Waals surface area contributed by atoms with Crippen LogP contribution in [0.2, 0.25) is 0 Å². The van der Waals surface area contributed by atoms with Crippen molar-refractivity contribution in [1.29, 1.82) is 0 Å². The molecule has 5 nitrogen and oxygen atoms in total. The minimum absolute atomic E-state index is 0.318. The molecule has 2 rings (SSSR count). The number of aromatic nitrogens is 1. The molecular weight excluding hydrogens is 228 g/mol. The summed E-state index contributed by atoms with van der Waals surface area (Å²) in [7, 11) is 0. The first-order chi connectivity index (χ1) is 8.56. The number of nitrogens with two attached hydrogens (primary N) is 1. The first-order valence-electron chi connectivity index (χ1n) is 6.31. The zero-order valence-electron chi connectivity index (χ0n) is 10.9. The van der Waals surface area contributed by atoms with Crippen molar-refractivity contribution in [3.05, 3.63) is 23.5 Å². The Balaban J connectivity index is 1.93. The summed E-state index contributed by atoms with van der Waals surface area (Å²) < 4.78 is 0. The van der Waals surface area contributed by atoms with Crippen molar-refractivity contribution in [3.63, 3.8) is 0 Å². The standard InChI is InChI=1S/C13H20N4O/c1-9-3-4-12(10(2)15-9)16-11-5-7-17(8-6-11)13(14)18/h3-4,11,16H,5-8H2,1-2H3,(H2,14,18). The molecule has 0 atom stereocenters. The number of primary amides is 1. The molecule has 3 N–H and O–H groups in total. The van der Waals surface area contributed by atoms with Gasteiger partial charge in [-0.2, -0.15) is 0 Å². The van der Waals surface area contributed by atoms with Crippen LogP contribution in [0.15, 0.2) is 12.1 Å². The molecule has 0 spiro atoms. The number of carbonyl (C=O) groups is 1. The molecule has 1 aromatic heterocycles. The van der Waals surface area contributed by atoms with Crippen LogP contribution in [-0.4, -0.2) is 35.0 Å². The topological polar surface area (TPSA) is 71.2 Å². The van der Waals surface area contributed by atoms with Gasteiger partial charge in [0.1, 0.15) is 0 Å². The van der Waals surface area contributed by atoms with Gasteiger partial charge in [-0.1, -0.05) is 0 Å². The number of likely N-dealkylation sites (tertiary alicyclic amines) is 1. The van der Waals surface area contributed by atoms with Crippen LogP contribution in [0.4, 0.5) is 10.5 Å². The normalized spacial score (nSPS) is 16.7. The highest BCUT2D eigenvalue weighted by Gasteiger charge is 2.21. The van der Waals surface area contributed by atoms with Crippen LogP contribution in [0.3, 0.4) is 0 Å². The van der Waals surface area contributed by atoms with E-state index in [1.165, 1.54) is 0 Å². The molecule has 5 heteroatoms. The molecule has 0 radical (unpaired) electrons. The van der Waals surface area contributed by atoms with E-state index < -0.39 is 0 Å². The average molecular weight is 248 g/mol. The average Bonchev–Trinajstić information content (AvgIpc) is 2.33. The van der Waals surface area contributed by atoms with Crippen molar-refractivity contribution >= 4 is 11.7 Å². The second-order valence-electron chi connectivity index (χ2n) is 4.83. The second-order valence-corrected chi connectivity index (χ2v) is 4.83. The molecule has 2 heterocycles. The van der Waals surface area contributed by atoms with Gasteiger partial charge >= 0.3 is 6.03 Å². The third-order valence-electron chi connectivity index (χ3n) is 3.39. The number of rotatable bonds is 2. The third kappa shape index (κ3) is 2.91. The summed E-state index contributed by atoms with van der Waals surface area (Å²) in [4.78, 5) is 17.2. The minimum atomic E-state index is -0.318. The first kappa shape index (κ1) is 12.7. The Labute approximate surface area is 107 Å². The van der Waals surface area contributed by atoms with Gasteiger partial charge in [0, 0.05) is 24.8 Å². The summed E-state index contributed by atoms with van der Waals surface area (Å²) in [5.74, 6) is 0. The van der Waals surface area contributed by atoms with E-state index in [-0.39, 0.29) is 6.03 Å². The second kappa shape index (κ2) is 5.25. The van der Waals surface area contributed by atoms with Gasteiger partial charge in [-0.3, -0.25) is 4.98 Å². The number of nitrogens with zero attached hydrogens (tertiary/aromatic N) is 2. The Morgan fingerprint density at radius 3 is 2.61 bits per heavy atom. The van der Waals surface area contributed by atoms with Gasteiger partial charge < -0.3 is 16.0 Å². The Hall–Kier alpha value is -1.78. The summed E-state index contributed by atoms with van der Waals surface area (Å²) in [5.41, 5.74) is 8.39.